The van der Waals surface area contributed by atoms with Crippen molar-refractivity contribution in [2.45, 2.75) is 52.1 Å². The van der Waals surface area contributed by atoms with Gasteiger partial charge in [-0.15, -0.1) is 0 Å². The molecule has 2 rings (SSSR count). The molecule has 1 aromatic carbocycles. The lowest BCUT2D eigenvalue weighted by Crippen LogP contribution is -2.19. The molecule has 0 fully saturated rings. The number of carbonyl (C=O) groups is 1. The molecule has 0 saturated carbocycles. The van der Waals surface area contributed by atoms with Crippen LogP contribution in [0.5, 0.6) is 0 Å². The van der Waals surface area contributed by atoms with Crippen LogP contribution in [0.25, 0.3) is 10.9 Å². The lowest BCUT2D eigenvalue weighted by Gasteiger charge is -2.16. The fourth-order valence-electron chi connectivity index (χ4n) is 2.73. The summed E-state index contributed by atoms with van der Waals surface area (Å²) in [4.78, 5) is 21.3. The zero-order valence-electron chi connectivity index (χ0n) is 14.7. The molecule has 130 valence electrons. The lowest BCUT2D eigenvalue weighted by atomic mass is 9.99. The van der Waals surface area contributed by atoms with Crippen molar-refractivity contribution in [2.24, 2.45) is 0 Å². The van der Waals surface area contributed by atoms with Crippen molar-refractivity contribution >= 4 is 16.9 Å². The van der Waals surface area contributed by atoms with Crippen LogP contribution in [0.3, 0.4) is 0 Å². The minimum atomic E-state index is -0.427. The van der Waals surface area contributed by atoms with Crippen LogP contribution in [0.4, 0.5) is 0 Å². The summed E-state index contributed by atoms with van der Waals surface area (Å²) in [5.41, 5.74) is 0.847. The third-order valence-electron chi connectivity index (χ3n) is 3.95. The maximum Gasteiger partial charge on any atom is 0.316 e. The number of nitrogens with zero attached hydrogens (tertiary/aromatic N) is 2. The molecular formula is C19H26N2O3. The van der Waals surface area contributed by atoms with Gasteiger partial charge in [0.2, 0.25) is 0 Å². The van der Waals surface area contributed by atoms with Gasteiger partial charge in [-0.2, -0.15) is 0 Å². The van der Waals surface area contributed by atoms with E-state index in [0.717, 1.165) is 23.7 Å². The van der Waals surface area contributed by atoms with Crippen LogP contribution in [-0.4, -0.2) is 35.3 Å². The van der Waals surface area contributed by atoms with E-state index < -0.39 is 5.92 Å². The SMILES string of the molecule is CCOC(=O)C(CCCC(C)OCC)c1ncc2ccccc2n1. The number of hydrogen-bond donors (Lipinski definition) is 0. The molecule has 0 bridgehead atoms. The highest BCUT2D eigenvalue weighted by Gasteiger charge is 2.25. The normalized spacial score (nSPS) is 13.6. The van der Waals surface area contributed by atoms with Gasteiger partial charge in [-0.1, -0.05) is 18.2 Å². The molecular weight excluding hydrogens is 304 g/mol. The third kappa shape index (κ3) is 4.99. The summed E-state index contributed by atoms with van der Waals surface area (Å²) in [5, 5.41) is 0.967. The second-order valence-corrected chi connectivity index (χ2v) is 5.79. The first-order chi connectivity index (χ1) is 11.7. The molecule has 0 saturated heterocycles. The van der Waals surface area contributed by atoms with Crippen molar-refractivity contribution in [3.8, 4) is 0 Å². The Morgan fingerprint density at radius 3 is 2.71 bits per heavy atom. The van der Waals surface area contributed by atoms with E-state index in [9.17, 15) is 4.79 Å². The van der Waals surface area contributed by atoms with Gasteiger partial charge in [0.1, 0.15) is 11.7 Å². The van der Waals surface area contributed by atoms with Crippen LogP contribution in [0, 0.1) is 0 Å². The van der Waals surface area contributed by atoms with E-state index in [4.69, 9.17) is 9.47 Å². The molecule has 0 N–H and O–H groups in total. The molecule has 24 heavy (non-hydrogen) atoms. The summed E-state index contributed by atoms with van der Waals surface area (Å²) in [6.07, 6.45) is 4.38. The zero-order valence-corrected chi connectivity index (χ0v) is 14.7. The summed E-state index contributed by atoms with van der Waals surface area (Å²) in [7, 11) is 0. The van der Waals surface area contributed by atoms with E-state index in [1.165, 1.54) is 0 Å². The first-order valence-corrected chi connectivity index (χ1v) is 8.65. The maximum atomic E-state index is 12.3. The second kappa shape index (κ2) is 9.33. The van der Waals surface area contributed by atoms with E-state index in [1.807, 2.05) is 38.1 Å². The molecule has 0 aliphatic rings. The highest BCUT2D eigenvalue weighted by atomic mass is 16.5. The number of carbonyl (C=O) groups excluding carboxylic acids is 1. The Balaban J connectivity index is 2.13. The van der Waals surface area contributed by atoms with Gasteiger partial charge >= 0.3 is 5.97 Å². The van der Waals surface area contributed by atoms with Gasteiger partial charge < -0.3 is 9.47 Å². The van der Waals surface area contributed by atoms with E-state index in [1.54, 1.807) is 6.20 Å². The maximum absolute atomic E-state index is 12.3. The molecule has 0 radical (unpaired) electrons. The summed E-state index contributed by atoms with van der Waals surface area (Å²) in [5.74, 6) is -0.142. The number of esters is 1. The van der Waals surface area contributed by atoms with Crippen molar-refractivity contribution in [2.75, 3.05) is 13.2 Å². The average molecular weight is 330 g/mol. The summed E-state index contributed by atoms with van der Waals surface area (Å²) >= 11 is 0. The molecule has 0 aliphatic carbocycles. The molecule has 5 nitrogen and oxygen atoms in total. The Kier molecular flexibility index (Phi) is 7.12. The van der Waals surface area contributed by atoms with Gasteiger partial charge in [0.05, 0.1) is 18.2 Å². The van der Waals surface area contributed by atoms with E-state index in [2.05, 4.69) is 16.9 Å². The van der Waals surface area contributed by atoms with Gasteiger partial charge in [-0.05, 0) is 46.1 Å². The lowest BCUT2D eigenvalue weighted by molar-refractivity contribution is -0.145. The third-order valence-corrected chi connectivity index (χ3v) is 3.95. The summed E-state index contributed by atoms with van der Waals surface area (Å²) < 4.78 is 10.8. The Labute approximate surface area is 143 Å². The number of para-hydroxylation sites is 1. The number of aromatic nitrogens is 2. The van der Waals surface area contributed by atoms with Gasteiger partial charge in [0.15, 0.2) is 0 Å². The van der Waals surface area contributed by atoms with Gasteiger partial charge in [-0.25, -0.2) is 9.97 Å². The minimum absolute atomic E-state index is 0.190. The summed E-state index contributed by atoms with van der Waals surface area (Å²) in [6.45, 7) is 6.91. The quantitative estimate of drug-likeness (QED) is 0.653. The monoisotopic (exact) mass is 330 g/mol. The predicted molar refractivity (Wildman–Crippen MR) is 93.9 cm³/mol. The van der Waals surface area contributed by atoms with Gasteiger partial charge in [0, 0.05) is 18.2 Å². The standard InChI is InChI=1S/C19H26N2O3/c1-4-23-14(3)9-8-11-16(19(22)24-5-2)18-20-13-15-10-6-7-12-17(15)21-18/h6-7,10,12-14,16H,4-5,8-9,11H2,1-3H3. The topological polar surface area (TPSA) is 61.3 Å². The number of rotatable bonds is 9. The van der Waals surface area contributed by atoms with Crippen LogP contribution in [-0.2, 0) is 14.3 Å². The molecule has 2 aromatic rings. The van der Waals surface area contributed by atoms with Crippen molar-refractivity contribution in [1.82, 2.24) is 9.97 Å². The molecule has 1 aromatic heterocycles. The number of benzene rings is 1. The molecule has 0 aliphatic heterocycles. The van der Waals surface area contributed by atoms with E-state index in [-0.39, 0.29) is 12.1 Å². The van der Waals surface area contributed by atoms with Gasteiger partial charge in [-0.3, -0.25) is 4.79 Å². The van der Waals surface area contributed by atoms with Crippen molar-refractivity contribution in [1.29, 1.82) is 0 Å². The molecule has 2 unspecified atom stereocenters. The van der Waals surface area contributed by atoms with Crippen LogP contribution in [0.2, 0.25) is 0 Å². The first kappa shape index (κ1) is 18.3. The van der Waals surface area contributed by atoms with Crippen LogP contribution in [0.1, 0.15) is 51.8 Å². The Hall–Kier alpha value is -2.01. The molecule has 1 heterocycles. The van der Waals surface area contributed by atoms with Crippen LogP contribution < -0.4 is 0 Å². The zero-order chi connectivity index (χ0) is 17.4. The van der Waals surface area contributed by atoms with Crippen molar-refractivity contribution in [3.05, 3.63) is 36.3 Å². The molecule has 0 amide bonds. The fourth-order valence-corrected chi connectivity index (χ4v) is 2.73. The molecule has 0 spiro atoms. The minimum Gasteiger partial charge on any atom is -0.465 e. The smallest absolute Gasteiger partial charge is 0.316 e. The highest BCUT2D eigenvalue weighted by molar-refractivity contribution is 5.80. The molecule has 2 atom stereocenters. The van der Waals surface area contributed by atoms with Gasteiger partial charge in [0.25, 0.3) is 0 Å². The van der Waals surface area contributed by atoms with Crippen LogP contribution in [0.15, 0.2) is 30.5 Å². The predicted octanol–water partition coefficient (Wildman–Crippen LogP) is 3.87. The number of fused-ring (bicyclic) bond motifs is 1. The largest absolute Gasteiger partial charge is 0.465 e. The van der Waals surface area contributed by atoms with Crippen molar-refractivity contribution in [3.63, 3.8) is 0 Å². The Morgan fingerprint density at radius 2 is 1.96 bits per heavy atom. The number of hydrogen-bond acceptors (Lipinski definition) is 5. The highest BCUT2D eigenvalue weighted by Crippen LogP contribution is 2.23. The Morgan fingerprint density at radius 1 is 1.17 bits per heavy atom. The first-order valence-electron chi connectivity index (χ1n) is 8.65. The molecule has 5 heteroatoms. The van der Waals surface area contributed by atoms with E-state index >= 15 is 0 Å². The summed E-state index contributed by atoms with van der Waals surface area (Å²) in [6, 6.07) is 7.77. The van der Waals surface area contributed by atoms with E-state index in [0.29, 0.717) is 25.5 Å². The van der Waals surface area contributed by atoms with Crippen molar-refractivity contribution < 1.29 is 14.3 Å². The second-order valence-electron chi connectivity index (χ2n) is 5.79. The Bertz CT molecular complexity index is 660. The fraction of sp³-hybridized carbons (Fsp3) is 0.526. The average Bonchev–Trinajstić information content (AvgIpc) is 2.59. The number of ether oxygens (including phenoxy) is 2. The van der Waals surface area contributed by atoms with Crippen LogP contribution >= 0.6 is 0 Å².